The molecule has 0 saturated carbocycles. The van der Waals surface area contributed by atoms with Crippen molar-refractivity contribution in [3.63, 3.8) is 0 Å². The Bertz CT molecular complexity index is 314. The third kappa shape index (κ3) is 5.56. The minimum absolute atomic E-state index is 0.351. The molecule has 1 N–H and O–H groups in total. The third-order valence-electron chi connectivity index (χ3n) is 2.18. The lowest BCUT2D eigenvalue weighted by atomic mass is 10.3. The maximum absolute atomic E-state index is 4.15. The SMILES string of the molecule is CC(CSC(C)(C)C)NCc1cnn(C)c1. The molecule has 0 radical (unpaired) electrons. The van der Waals surface area contributed by atoms with Crippen molar-refractivity contribution < 1.29 is 0 Å². The van der Waals surface area contributed by atoms with Gasteiger partial charge in [-0.25, -0.2) is 0 Å². The number of aryl methyl sites for hydroxylation is 1. The summed E-state index contributed by atoms with van der Waals surface area (Å²) in [7, 11) is 1.95. The molecule has 16 heavy (non-hydrogen) atoms. The summed E-state index contributed by atoms with van der Waals surface area (Å²) in [4.78, 5) is 0. The molecule has 0 bridgehead atoms. The van der Waals surface area contributed by atoms with Crippen LogP contribution in [0.4, 0.5) is 0 Å². The van der Waals surface area contributed by atoms with Crippen molar-refractivity contribution in [3.05, 3.63) is 18.0 Å². The van der Waals surface area contributed by atoms with Gasteiger partial charge in [0, 0.05) is 41.9 Å². The van der Waals surface area contributed by atoms with Crippen LogP contribution in [0.25, 0.3) is 0 Å². The van der Waals surface area contributed by atoms with E-state index < -0.39 is 0 Å². The highest BCUT2D eigenvalue weighted by molar-refractivity contribution is 8.00. The summed E-state index contributed by atoms with van der Waals surface area (Å²) in [5.41, 5.74) is 1.25. The van der Waals surface area contributed by atoms with Crippen LogP contribution in [0.15, 0.2) is 12.4 Å². The van der Waals surface area contributed by atoms with Crippen molar-refractivity contribution in [2.24, 2.45) is 7.05 Å². The topological polar surface area (TPSA) is 29.9 Å². The lowest BCUT2D eigenvalue weighted by molar-refractivity contribution is 0.593. The zero-order chi connectivity index (χ0) is 12.2. The standard InChI is InChI=1S/C12H23N3S/c1-10(9-16-12(2,3)4)13-6-11-7-14-15(5)8-11/h7-8,10,13H,6,9H2,1-5H3. The van der Waals surface area contributed by atoms with Crippen LogP contribution in [0.3, 0.4) is 0 Å². The molecule has 1 rings (SSSR count). The van der Waals surface area contributed by atoms with Crippen molar-refractivity contribution in [3.8, 4) is 0 Å². The van der Waals surface area contributed by atoms with E-state index in [1.807, 2.05) is 29.7 Å². The van der Waals surface area contributed by atoms with Gasteiger partial charge in [-0.05, 0) is 6.92 Å². The number of nitrogens with one attached hydrogen (secondary N) is 1. The number of aromatic nitrogens is 2. The molecule has 0 saturated heterocycles. The monoisotopic (exact) mass is 241 g/mol. The summed E-state index contributed by atoms with van der Waals surface area (Å²) < 4.78 is 2.19. The normalized spacial score (nSPS) is 14.1. The summed E-state index contributed by atoms with van der Waals surface area (Å²) >= 11 is 2.00. The first-order chi connectivity index (χ1) is 7.37. The highest BCUT2D eigenvalue weighted by Crippen LogP contribution is 2.23. The van der Waals surface area contributed by atoms with Crippen LogP contribution in [0, 0.1) is 0 Å². The molecule has 1 unspecified atom stereocenters. The van der Waals surface area contributed by atoms with Crippen LogP contribution in [0.5, 0.6) is 0 Å². The minimum atomic E-state index is 0.351. The van der Waals surface area contributed by atoms with E-state index in [2.05, 4.69) is 44.3 Å². The number of rotatable bonds is 5. The molecule has 1 heterocycles. The van der Waals surface area contributed by atoms with E-state index in [0.29, 0.717) is 10.8 Å². The molecule has 0 amide bonds. The lowest BCUT2D eigenvalue weighted by Gasteiger charge is -2.21. The molecule has 0 aliphatic carbocycles. The lowest BCUT2D eigenvalue weighted by Crippen LogP contribution is -2.29. The van der Waals surface area contributed by atoms with E-state index in [1.165, 1.54) is 5.56 Å². The van der Waals surface area contributed by atoms with E-state index in [4.69, 9.17) is 0 Å². The fourth-order valence-electron chi connectivity index (χ4n) is 1.29. The number of nitrogens with zero attached hydrogens (tertiary/aromatic N) is 2. The average Bonchev–Trinajstić information content (AvgIpc) is 2.57. The second kappa shape index (κ2) is 5.73. The van der Waals surface area contributed by atoms with Crippen LogP contribution >= 0.6 is 11.8 Å². The maximum Gasteiger partial charge on any atom is 0.0534 e. The van der Waals surface area contributed by atoms with Crippen molar-refractivity contribution >= 4 is 11.8 Å². The third-order valence-corrected chi connectivity index (χ3v) is 3.71. The van der Waals surface area contributed by atoms with E-state index in [-0.39, 0.29) is 0 Å². The number of hydrogen-bond donors (Lipinski definition) is 1. The zero-order valence-corrected chi connectivity index (χ0v) is 11.8. The van der Waals surface area contributed by atoms with Crippen molar-refractivity contribution in [1.29, 1.82) is 0 Å². The van der Waals surface area contributed by atoms with Gasteiger partial charge in [-0.1, -0.05) is 20.8 Å². The largest absolute Gasteiger partial charge is 0.309 e. The van der Waals surface area contributed by atoms with Gasteiger partial charge in [-0.2, -0.15) is 16.9 Å². The second-order valence-electron chi connectivity index (χ2n) is 5.23. The predicted octanol–water partition coefficient (Wildman–Crippen LogP) is 2.43. The van der Waals surface area contributed by atoms with E-state index in [1.54, 1.807) is 0 Å². The van der Waals surface area contributed by atoms with Crippen LogP contribution < -0.4 is 5.32 Å². The van der Waals surface area contributed by atoms with Crippen LogP contribution in [0.2, 0.25) is 0 Å². The average molecular weight is 241 g/mol. The van der Waals surface area contributed by atoms with Crippen LogP contribution in [0.1, 0.15) is 33.3 Å². The number of thioether (sulfide) groups is 1. The molecule has 0 aliphatic rings. The Morgan fingerprint density at radius 1 is 1.50 bits per heavy atom. The molecule has 0 aliphatic heterocycles. The Balaban J connectivity index is 2.22. The number of hydrogen-bond acceptors (Lipinski definition) is 3. The molecule has 0 spiro atoms. The van der Waals surface area contributed by atoms with Crippen LogP contribution in [-0.4, -0.2) is 26.3 Å². The Morgan fingerprint density at radius 3 is 2.69 bits per heavy atom. The Kier molecular flexibility index (Phi) is 4.87. The van der Waals surface area contributed by atoms with Gasteiger partial charge in [0.25, 0.3) is 0 Å². The summed E-state index contributed by atoms with van der Waals surface area (Å²) in [6, 6.07) is 0.532. The van der Waals surface area contributed by atoms with Gasteiger partial charge in [0.2, 0.25) is 0 Å². The van der Waals surface area contributed by atoms with Gasteiger partial charge in [0.1, 0.15) is 0 Å². The summed E-state index contributed by atoms with van der Waals surface area (Å²) in [5.74, 6) is 1.14. The molecular formula is C12H23N3S. The molecule has 1 aromatic heterocycles. The molecule has 0 aromatic carbocycles. The quantitative estimate of drug-likeness (QED) is 0.858. The van der Waals surface area contributed by atoms with Gasteiger partial charge in [-0.15, -0.1) is 0 Å². The van der Waals surface area contributed by atoms with Gasteiger partial charge >= 0.3 is 0 Å². The van der Waals surface area contributed by atoms with Crippen molar-refractivity contribution in [1.82, 2.24) is 15.1 Å². The first-order valence-corrected chi connectivity index (χ1v) is 6.70. The Hall–Kier alpha value is -0.480. The summed E-state index contributed by atoms with van der Waals surface area (Å²) in [6.45, 7) is 9.90. The molecule has 0 fully saturated rings. The highest BCUT2D eigenvalue weighted by atomic mass is 32.2. The predicted molar refractivity (Wildman–Crippen MR) is 71.7 cm³/mol. The summed E-state index contributed by atoms with van der Waals surface area (Å²) in [5, 5.41) is 7.66. The van der Waals surface area contributed by atoms with Crippen molar-refractivity contribution in [2.75, 3.05) is 5.75 Å². The van der Waals surface area contributed by atoms with E-state index in [9.17, 15) is 0 Å². The molecule has 4 heteroatoms. The van der Waals surface area contributed by atoms with Gasteiger partial charge in [-0.3, -0.25) is 4.68 Å². The van der Waals surface area contributed by atoms with Gasteiger partial charge < -0.3 is 5.32 Å². The fourth-order valence-corrected chi connectivity index (χ4v) is 2.16. The van der Waals surface area contributed by atoms with Crippen molar-refractivity contribution in [2.45, 2.75) is 45.0 Å². The molecular weight excluding hydrogens is 218 g/mol. The maximum atomic E-state index is 4.15. The Morgan fingerprint density at radius 2 is 2.19 bits per heavy atom. The van der Waals surface area contributed by atoms with Gasteiger partial charge in [0.05, 0.1) is 6.20 Å². The molecule has 1 aromatic rings. The van der Waals surface area contributed by atoms with Crippen LogP contribution in [-0.2, 0) is 13.6 Å². The first kappa shape index (κ1) is 13.6. The first-order valence-electron chi connectivity index (χ1n) is 5.72. The Labute approximate surface area is 103 Å². The molecule has 1 atom stereocenters. The zero-order valence-electron chi connectivity index (χ0n) is 10.9. The highest BCUT2D eigenvalue weighted by Gasteiger charge is 2.12. The van der Waals surface area contributed by atoms with E-state index in [0.717, 1.165) is 12.3 Å². The molecule has 3 nitrogen and oxygen atoms in total. The minimum Gasteiger partial charge on any atom is -0.309 e. The van der Waals surface area contributed by atoms with Gasteiger partial charge in [0.15, 0.2) is 0 Å². The molecule has 92 valence electrons. The fraction of sp³-hybridized carbons (Fsp3) is 0.750. The second-order valence-corrected chi connectivity index (χ2v) is 7.07. The smallest absolute Gasteiger partial charge is 0.0534 e. The van der Waals surface area contributed by atoms with E-state index >= 15 is 0 Å². The summed E-state index contributed by atoms with van der Waals surface area (Å²) in [6.07, 6.45) is 3.97.